The molecule has 0 spiro atoms. The second kappa shape index (κ2) is 12.4. The summed E-state index contributed by atoms with van der Waals surface area (Å²) in [5.74, 6) is 0.207. The van der Waals surface area contributed by atoms with Gasteiger partial charge in [0.15, 0.2) is 11.7 Å². The second-order valence-corrected chi connectivity index (χ2v) is 9.56. The zero-order valence-corrected chi connectivity index (χ0v) is 21.5. The van der Waals surface area contributed by atoms with Crippen molar-refractivity contribution in [1.82, 2.24) is 9.88 Å². The van der Waals surface area contributed by atoms with Crippen molar-refractivity contribution in [2.24, 2.45) is 0 Å². The van der Waals surface area contributed by atoms with Crippen LogP contribution >= 0.6 is 58.5 Å². The molecule has 33 heavy (non-hydrogen) atoms. The van der Waals surface area contributed by atoms with Gasteiger partial charge in [0, 0.05) is 31.2 Å². The molecule has 0 radical (unpaired) electrons. The average Bonchev–Trinajstić information content (AvgIpc) is 3.22. The molecular weight excluding hydrogens is 528 g/mol. The highest BCUT2D eigenvalue weighted by atomic mass is 35.5. The lowest BCUT2D eigenvalue weighted by atomic mass is 10.3. The number of carbonyl (C=O) groups excluding carboxylic acids is 1. The zero-order valence-electron chi connectivity index (χ0n) is 17.6. The van der Waals surface area contributed by atoms with Crippen molar-refractivity contribution in [3.63, 3.8) is 0 Å². The fourth-order valence-electron chi connectivity index (χ4n) is 3.43. The quantitative estimate of drug-likeness (QED) is 0.354. The van der Waals surface area contributed by atoms with E-state index >= 15 is 0 Å². The Kier molecular flexibility index (Phi) is 9.88. The van der Waals surface area contributed by atoms with Crippen molar-refractivity contribution in [3.05, 3.63) is 51.5 Å². The summed E-state index contributed by atoms with van der Waals surface area (Å²) >= 11 is 19.9. The summed E-state index contributed by atoms with van der Waals surface area (Å²) in [6.45, 7) is 4.53. The van der Waals surface area contributed by atoms with Crippen molar-refractivity contribution >= 4 is 79.8 Å². The molecule has 1 fully saturated rings. The predicted molar refractivity (Wildman–Crippen MR) is 138 cm³/mol. The number of hydrogen-bond acceptors (Lipinski definition) is 6. The largest absolute Gasteiger partial charge is 0.482 e. The number of hydrogen-bond donors (Lipinski definition) is 0. The molecule has 0 aliphatic carbocycles. The van der Waals surface area contributed by atoms with Crippen molar-refractivity contribution in [2.45, 2.75) is 6.42 Å². The zero-order chi connectivity index (χ0) is 22.5. The number of ether oxygens (including phenoxy) is 2. The molecule has 1 amide bonds. The van der Waals surface area contributed by atoms with Crippen molar-refractivity contribution < 1.29 is 14.3 Å². The minimum atomic E-state index is -0.201. The number of para-hydroxylation sites is 1. The number of morpholine rings is 1. The lowest BCUT2D eigenvalue weighted by Gasteiger charge is -2.27. The number of thiazole rings is 1. The van der Waals surface area contributed by atoms with E-state index < -0.39 is 0 Å². The summed E-state index contributed by atoms with van der Waals surface area (Å²) in [7, 11) is 0. The lowest BCUT2D eigenvalue weighted by Crippen LogP contribution is -2.40. The molecule has 6 nitrogen and oxygen atoms in total. The first-order chi connectivity index (χ1) is 15.5. The van der Waals surface area contributed by atoms with Gasteiger partial charge in [-0.15, -0.1) is 12.4 Å². The number of nitrogens with zero attached hydrogens (tertiary/aromatic N) is 3. The van der Waals surface area contributed by atoms with Crippen LogP contribution in [0, 0.1) is 0 Å². The van der Waals surface area contributed by atoms with Crippen LogP contribution in [0.4, 0.5) is 5.13 Å². The van der Waals surface area contributed by atoms with Crippen molar-refractivity contribution in [1.29, 1.82) is 0 Å². The lowest BCUT2D eigenvalue weighted by molar-refractivity contribution is -0.120. The number of carbonyl (C=O) groups is 1. The van der Waals surface area contributed by atoms with E-state index in [-0.39, 0.29) is 24.9 Å². The minimum absolute atomic E-state index is 0. The summed E-state index contributed by atoms with van der Waals surface area (Å²) in [4.78, 5) is 21.8. The highest BCUT2D eigenvalue weighted by Crippen LogP contribution is 2.33. The topological polar surface area (TPSA) is 54.9 Å². The first kappa shape index (κ1) is 26.3. The third-order valence-electron chi connectivity index (χ3n) is 5.10. The molecule has 0 N–H and O–H groups in total. The van der Waals surface area contributed by atoms with E-state index in [9.17, 15) is 4.79 Å². The van der Waals surface area contributed by atoms with E-state index in [1.54, 1.807) is 29.2 Å². The van der Waals surface area contributed by atoms with Crippen LogP contribution in [-0.4, -0.2) is 61.8 Å². The smallest absolute Gasteiger partial charge is 0.266 e. The third kappa shape index (κ3) is 6.85. The summed E-state index contributed by atoms with van der Waals surface area (Å²) < 4.78 is 12.0. The fraction of sp³-hybridized carbons (Fsp3) is 0.364. The summed E-state index contributed by atoms with van der Waals surface area (Å²) in [5.41, 5.74) is 0.696. The van der Waals surface area contributed by atoms with Gasteiger partial charge in [-0.25, -0.2) is 4.98 Å². The third-order valence-corrected chi connectivity index (χ3v) is 6.97. The van der Waals surface area contributed by atoms with Crippen LogP contribution in [0.2, 0.25) is 15.1 Å². The Labute approximate surface area is 217 Å². The molecule has 3 aromatic rings. The van der Waals surface area contributed by atoms with Gasteiger partial charge in [0.2, 0.25) is 0 Å². The Morgan fingerprint density at radius 3 is 2.67 bits per heavy atom. The molecule has 2 aromatic carbocycles. The summed E-state index contributed by atoms with van der Waals surface area (Å²) in [5, 5.41) is 2.03. The average molecular weight is 551 g/mol. The van der Waals surface area contributed by atoms with Crippen LogP contribution in [-0.2, 0) is 9.53 Å². The molecule has 0 atom stereocenters. The van der Waals surface area contributed by atoms with Gasteiger partial charge in [-0.1, -0.05) is 52.2 Å². The molecule has 1 aromatic heterocycles. The van der Waals surface area contributed by atoms with E-state index in [0.717, 1.165) is 44.0 Å². The number of anilines is 1. The molecule has 0 bridgehead atoms. The first-order valence-electron chi connectivity index (χ1n) is 10.2. The van der Waals surface area contributed by atoms with Crippen molar-refractivity contribution in [2.75, 3.05) is 50.9 Å². The highest BCUT2D eigenvalue weighted by molar-refractivity contribution is 7.22. The van der Waals surface area contributed by atoms with E-state index in [1.807, 2.05) is 12.1 Å². The van der Waals surface area contributed by atoms with Gasteiger partial charge >= 0.3 is 0 Å². The first-order valence-corrected chi connectivity index (χ1v) is 12.2. The van der Waals surface area contributed by atoms with Crippen LogP contribution < -0.4 is 9.64 Å². The number of rotatable bonds is 8. The maximum absolute atomic E-state index is 13.2. The highest BCUT2D eigenvalue weighted by Gasteiger charge is 2.22. The number of halogens is 4. The molecular formula is C22H23Cl4N3O3S. The number of benzene rings is 2. The minimum Gasteiger partial charge on any atom is -0.482 e. The van der Waals surface area contributed by atoms with Crippen LogP contribution in [0.1, 0.15) is 6.42 Å². The molecule has 11 heteroatoms. The van der Waals surface area contributed by atoms with E-state index in [2.05, 4.69) is 9.88 Å². The Bertz CT molecular complexity index is 1090. The van der Waals surface area contributed by atoms with E-state index in [4.69, 9.17) is 44.3 Å². The normalized spacial score (nSPS) is 14.2. The van der Waals surface area contributed by atoms with Crippen molar-refractivity contribution in [3.8, 4) is 5.75 Å². The monoisotopic (exact) mass is 549 g/mol. The van der Waals surface area contributed by atoms with Gasteiger partial charge in [0.05, 0.1) is 28.0 Å². The number of aromatic nitrogens is 1. The van der Waals surface area contributed by atoms with Gasteiger partial charge in [-0.2, -0.15) is 0 Å². The molecule has 1 aliphatic rings. The Morgan fingerprint density at radius 2 is 1.94 bits per heavy atom. The Morgan fingerprint density at radius 1 is 1.15 bits per heavy atom. The fourth-order valence-corrected chi connectivity index (χ4v) is 5.20. The molecule has 0 saturated carbocycles. The molecule has 1 aliphatic heterocycles. The van der Waals surface area contributed by atoms with Crippen LogP contribution in [0.25, 0.3) is 10.2 Å². The molecule has 0 unspecified atom stereocenters. The Balaban J connectivity index is 0.00000306. The standard InChI is InChI=1S/C22H22Cl3N3O3S.ClH/c23-15-5-6-18(17(25)13-15)31-14-20(29)28(8-2-7-27-9-11-30-12-10-27)22-26-21-16(24)3-1-4-19(21)32-22;/h1,3-6,13H,2,7-12,14H2;1H. The molecule has 1 saturated heterocycles. The molecule has 178 valence electrons. The predicted octanol–water partition coefficient (Wildman–Crippen LogP) is 5.81. The van der Waals surface area contributed by atoms with Gasteiger partial charge in [-0.3, -0.25) is 14.6 Å². The second-order valence-electron chi connectivity index (χ2n) is 7.30. The van der Waals surface area contributed by atoms with Crippen LogP contribution in [0.15, 0.2) is 36.4 Å². The molecule has 4 rings (SSSR count). The molecule has 2 heterocycles. The van der Waals surface area contributed by atoms with Gasteiger partial charge in [-0.05, 0) is 36.8 Å². The van der Waals surface area contributed by atoms with Gasteiger partial charge in [0.25, 0.3) is 5.91 Å². The number of fused-ring (bicyclic) bond motifs is 1. The Hall–Kier alpha value is -1.32. The van der Waals surface area contributed by atoms with Crippen LogP contribution in [0.3, 0.4) is 0 Å². The van der Waals surface area contributed by atoms with Crippen LogP contribution in [0.5, 0.6) is 5.75 Å². The van der Waals surface area contributed by atoms with E-state index in [0.29, 0.717) is 38.0 Å². The number of amides is 1. The maximum atomic E-state index is 13.2. The van der Waals surface area contributed by atoms with E-state index in [1.165, 1.54) is 11.3 Å². The summed E-state index contributed by atoms with van der Waals surface area (Å²) in [6.07, 6.45) is 0.803. The maximum Gasteiger partial charge on any atom is 0.266 e. The summed E-state index contributed by atoms with van der Waals surface area (Å²) in [6, 6.07) is 10.5. The van der Waals surface area contributed by atoms with Gasteiger partial charge in [0.1, 0.15) is 11.3 Å². The SMILES string of the molecule is Cl.O=C(COc1ccc(Cl)cc1Cl)N(CCCN1CCOCC1)c1nc2c(Cl)cccc2s1. The van der Waals surface area contributed by atoms with Gasteiger partial charge < -0.3 is 9.47 Å².